The van der Waals surface area contributed by atoms with E-state index in [0.717, 1.165) is 87.3 Å². The van der Waals surface area contributed by atoms with Crippen molar-refractivity contribution in [2.24, 2.45) is 0 Å². The Labute approximate surface area is 435 Å². The number of aromatic amines is 4. The van der Waals surface area contributed by atoms with Crippen LogP contribution in [0.3, 0.4) is 0 Å². The van der Waals surface area contributed by atoms with Crippen LogP contribution in [-0.4, -0.2) is 60.3 Å². The lowest BCUT2D eigenvalue weighted by molar-refractivity contribution is 0.473. The minimum absolute atomic E-state index is 0.00280. The molecule has 16 bridgehead atoms. The summed E-state index contributed by atoms with van der Waals surface area (Å²) in [6.07, 6.45) is 9.75. The summed E-state index contributed by atoms with van der Waals surface area (Å²) in [6.45, 7) is 0. The van der Waals surface area contributed by atoms with Gasteiger partial charge in [0.1, 0.15) is 23.0 Å². The number of aromatic nitrogens is 8. The van der Waals surface area contributed by atoms with Gasteiger partial charge in [0.25, 0.3) is 0 Å². The van der Waals surface area contributed by atoms with Crippen molar-refractivity contribution < 1.29 is 20.4 Å². The highest BCUT2D eigenvalue weighted by molar-refractivity contribution is 6.12. The summed E-state index contributed by atoms with van der Waals surface area (Å²) in [7, 11) is 0. The van der Waals surface area contributed by atoms with E-state index in [4.69, 9.17) is 19.9 Å². The predicted molar refractivity (Wildman–Crippen MR) is 302 cm³/mol. The van der Waals surface area contributed by atoms with Gasteiger partial charge >= 0.3 is 0 Å². The number of H-pyrrole nitrogens is 4. The van der Waals surface area contributed by atoms with E-state index in [1.54, 1.807) is 48.5 Å². The number of benzene rings is 4. The van der Waals surface area contributed by atoms with Gasteiger partial charge in [0, 0.05) is 106 Å². The lowest BCUT2D eigenvalue weighted by Gasteiger charge is -2.14. The van der Waals surface area contributed by atoms with E-state index >= 15 is 0 Å². The van der Waals surface area contributed by atoms with Gasteiger partial charge in [-0.15, -0.1) is 0 Å². The Morgan fingerprint density at radius 2 is 0.711 bits per heavy atom. The van der Waals surface area contributed by atoms with E-state index in [2.05, 4.69) is 68.5 Å². The topological polar surface area (TPSA) is 196 Å². The number of nitrogens with one attached hydrogen (secondary N) is 4. The van der Waals surface area contributed by atoms with Crippen LogP contribution in [-0.2, 0) is 25.7 Å². The summed E-state index contributed by atoms with van der Waals surface area (Å²) in [5.41, 5.74) is 18.6. The maximum absolute atomic E-state index is 11.6. The van der Waals surface area contributed by atoms with Gasteiger partial charge in [-0.05, 0) is 147 Å². The van der Waals surface area contributed by atoms with Crippen LogP contribution in [0.2, 0.25) is 0 Å². The minimum Gasteiger partial charge on any atom is -0.507 e. The number of rotatable bonds is 4. The molecule has 0 aliphatic carbocycles. The summed E-state index contributed by atoms with van der Waals surface area (Å²) in [6, 6.07) is 54.9. The average Bonchev–Trinajstić information content (AvgIpc) is 4.35. The summed E-state index contributed by atoms with van der Waals surface area (Å²) >= 11 is 0. The van der Waals surface area contributed by atoms with Gasteiger partial charge in [0.2, 0.25) is 0 Å². The number of nitrogens with zero attached hydrogens (tertiary/aromatic N) is 4. The lowest BCUT2D eigenvalue weighted by Crippen LogP contribution is -1.94. The molecule has 368 valence electrons. The second-order valence-electron chi connectivity index (χ2n) is 19.2. The monoisotopic (exact) mass is 992 g/mol. The second kappa shape index (κ2) is 19.0. The van der Waals surface area contributed by atoms with Gasteiger partial charge in [-0.3, -0.25) is 9.97 Å². The Kier molecular flexibility index (Phi) is 11.4. The maximum Gasteiger partial charge on any atom is 0.123 e. The molecule has 0 saturated heterocycles. The zero-order valence-corrected chi connectivity index (χ0v) is 40.9. The maximum atomic E-state index is 11.6. The van der Waals surface area contributed by atoms with E-state index in [9.17, 15) is 20.4 Å². The number of para-hydroxylation sites is 4. The molecule has 0 saturated carbocycles. The normalized spacial score (nSPS) is 12.8. The summed E-state index contributed by atoms with van der Waals surface area (Å²) in [5.74, 6) is 0.128. The van der Waals surface area contributed by atoms with E-state index < -0.39 is 0 Å². The first kappa shape index (κ1) is 45.6. The van der Waals surface area contributed by atoms with Crippen LogP contribution >= 0.6 is 0 Å². The molecule has 8 N–H and O–H groups in total. The fourth-order valence-corrected chi connectivity index (χ4v) is 10.5. The third-order valence-corrected chi connectivity index (χ3v) is 13.9. The summed E-state index contributed by atoms with van der Waals surface area (Å²) in [5, 5.41) is 45.7. The Morgan fingerprint density at radius 1 is 0.329 bits per heavy atom. The summed E-state index contributed by atoms with van der Waals surface area (Å²) in [4.78, 5) is 33.6. The first-order valence-corrected chi connectivity index (χ1v) is 25.2. The molecule has 14 rings (SSSR count). The Balaban J connectivity index is 0.000000191. The van der Waals surface area contributed by atoms with E-state index in [-0.39, 0.29) is 23.0 Å². The van der Waals surface area contributed by atoms with Gasteiger partial charge in [0.15, 0.2) is 0 Å². The largest absolute Gasteiger partial charge is 0.507 e. The Bertz CT molecular complexity index is 4220. The van der Waals surface area contributed by atoms with Crippen LogP contribution in [0.5, 0.6) is 23.0 Å². The van der Waals surface area contributed by atoms with Gasteiger partial charge in [-0.2, -0.15) is 0 Å². The van der Waals surface area contributed by atoms with E-state index in [1.165, 1.54) is 0 Å². The molecule has 4 aliphatic heterocycles. The standard InChI is InChI=1S/C44H30N4O4.C20H18N4/c49-36-13-5-1-9-30(36)34-23-29-22-27-18-17-25(45-27)21-26-19-20-28(46-26)24-35-40(31-10-2-6-14-37(31)50)41(32-11-3-7-15-38(32)51)44(48-35)42(43(34)47-29)33-12-4-8-16-39(33)52;1-2-14-10-16-5-6-18(23-16)12-20-8-7-19(24-20)11-17-4-3-15(22-17)9-13(1)21-14/h1-24,45,48-52H;1-2,7-12,21,24H,3-6H2. The molecular formula is C64H48N8O4. The molecule has 10 aromatic rings. The molecule has 0 amide bonds. The second-order valence-corrected chi connectivity index (χ2v) is 19.2. The zero-order chi connectivity index (χ0) is 51.3. The third kappa shape index (κ3) is 8.94. The highest BCUT2D eigenvalue weighted by Crippen LogP contribution is 2.50. The molecule has 0 spiro atoms. The smallest absolute Gasteiger partial charge is 0.123 e. The highest BCUT2D eigenvalue weighted by Gasteiger charge is 2.28. The molecule has 76 heavy (non-hydrogen) atoms. The molecule has 0 atom stereocenters. The van der Waals surface area contributed by atoms with Crippen molar-refractivity contribution >= 4 is 67.9 Å². The van der Waals surface area contributed by atoms with Crippen molar-refractivity contribution in [2.75, 3.05) is 0 Å². The molecular weight excluding hydrogens is 945 g/mol. The van der Waals surface area contributed by atoms with Crippen LogP contribution < -0.4 is 0 Å². The molecule has 0 fully saturated rings. The lowest BCUT2D eigenvalue weighted by atomic mass is 9.90. The third-order valence-electron chi connectivity index (χ3n) is 13.9. The number of fused-ring (bicyclic) bond motifs is 16. The Hall–Kier alpha value is -10.2. The van der Waals surface area contributed by atoms with Crippen molar-refractivity contribution in [1.82, 2.24) is 39.9 Å². The zero-order valence-electron chi connectivity index (χ0n) is 40.9. The predicted octanol–water partition coefficient (Wildman–Crippen LogP) is 13.8. The number of hydrogen-bond donors (Lipinski definition) is 8. The van der Waals surface area contributed by atoms with Gasteiger partial charge in [-0.1, -0.05) is 72.8 Å². The van der Waals surface area contributed by atoms with Gasteiger partial charge in [0.05, 0.1) is 28.3 Å². The van der Waals surface area contributed by atoms with Crippen molar-refractivity contribution in [3.63, 3.8) is 0 Å². The number of aryl methyl sites for hydroxylation is 4. The molecule has 4 aromatic carbocycles. The first-order valence-electron chi connectivity index (χ1n) is 25.2. The van der Waals surface area contributed by atoms with Crippen LogP contribution in [0, 0.1) is 0 Å². The number of phenolic OH excluding ortho intramolecular Hbond substituents is 4. The molecule has 0 radical (unpaired) electrons. The first-order chi connectivity index (χ1) is 37.2. The molecule has 4 aliphatic rings. The van der Waals surface area contributed by atoms with Crippen molar-refractivity contribution in [1.29, 1.82) is 0 Å². The van der Waals surface area contributed by atoms with Crippen LogP contribution in [0.4, 0.5) is 0 Å². The fraction of sp³-hybridized carbons (Fsp3) is 0.0625. The van der Waals surface area contributed by atoms with Gasteiger partial charge in [-0.25, -0.2) is 9.97 Å². The van der Waals surface area contributed by atoms with Crippen LogP contribution in [0.25, 0.3) is 101 Å². The molecule has 0 unspecified atom stereocenters. The van der Waals surface area contributed by atoms with Crippen molar-refractivity contribution in [3.05, 3.63) is 227 Å². The number of phenols is 4. The molecule has 6 aromatic heterocycles. The van der Waals surface area contributed by atoms with E-state index in [1.807, 2.05) is 97.1 Å². The van der Waals surface area contributed by atoms with Gasteiger partial charge < -0.3 is 40.4 Å². The highest BCUT2D eigenvalue weighted by atomic mass is 16.3. The average molecular weight is 993 g/mol. The number of hydrogen-bond acceptors (Lipinski definition) is 8. The fourth-order valence-electron chi connectivity index (χ4n) is 10.5. The van der Waals surface area contributed by atoms with Crippen LogP contribution in [0.15, 0.2) is 176 Å². The molecule has 10 heterocycles. The minimum atomic E-state index is 0.00280. The summed E-state index contributed by atoms with van der Waals surface area (Å²) < 4.78 is 0. The Morgan fingerprint density at radius 3 is 1.17 bits per heavy atom. The van der Waals surface area contributed by atoms with Crippen molar-refractivity contribution in [2.45, 2.75) is 25.7 Å². The quantitative estimate of drug-likeness (QED) is 0.0853. The molecule has 12 nitrogen and oxygen atoms in total. The van der Waals surface area contributed by atoms with E-state index in [0.29, 0.717) is 72.6 Å². The van der Waals surface area contributed by atoms with Crippen molar-refractivity contribution in [3.8, 4) is 56.4 Å². The SMILES string of the molecule is Oc1ccccc1C1=Cc2cc3ccc(cc4nc(cc5[nH]c(c(-c6ccccc6O)c1n2)c(-c1ccccc1O)c5-c1ccccc1O)C=C4)[nH]3.c1cc2cc3nc(cc4ccc(cc5nc(cc1[nH]2)CC5)[nH]4)CC3. The molecule has 12 heteroatoms. The number of aromatic hydroxyl groups is 4. The van der Waals surface area contributed by atoms with Crippen LogP contribution in [0.1, 0.15) is 51.1 Å².